The Labute approximate surface area is 158 Å². The van der Waals surface area contributed by atoms with Crippen LogP contribution >= 0.6 is 0 Å². The summed E-state index contributed by atoms with van der Waals surface area (Å²) >= 11 is 0. The summed E-state index contributed by atoms with van der Waals surface area (Å²) in [5.41, 5.74) is 8.55. The zero-order valence-electron chi connectivity index (χ0n) is 15.3. The van der Waals surface area contributed by atoms with Crippen LogP contribution < -0.4 is 0 Å². The van der Waals surface area contributed by atoms with Crippen LogP contribution in [0, 0.1) is 13.8 Å². The third kappa shape index (κ3) is 3.15. The van der Waals surface area contributed by atoms with E-state index in [1.807, 2.05) is 6.08 Å². The molecule has 0 atom stereocenters. The van der Waals surface area contributed by atoms with Gasteiger partial charge in [-0.05, 0) is 70.5 Å². The smallest absolute Gasteiger partial charge is 0.00668 e. The van der Waals surface area contributed by atoms with E-state index in [1.54, 1.807) is 0 Å². The first kappa shape index (κ1) is 19.5. The molecule has 0 spiro atoms. The molecule has 132 valence electrons. The first-order valence-electron chi connectivity index (χ1n) is 8.65. The molecule has 3 aromatic carbocycles. The minimum atomic E-state index is 0. The Morgan fingerprint density at radius 3 is 2.15 bits per heavy atom. The number of fused-ring (bicyclic) bond motifs is 1. The summed E-state index contributed by atoms with van der Waals surface area (Å²) in [6.07, 6.45) is 6.15. The Morgan fingerprint density at radius 2 is 1.50 bits per heavy atom. The molecule has 0 aliphatic heterocycles. The second-order valence-corrected chi connectivity index (χ2v) is 6.36. The van der Waals surface area contributed by atoms with E-state index in [-0.39, 0.29) is 7.43 Å². The van der Waals surface area contributed by atoms with Gasteiger partial charge in [0.2, 0.25) is 0 Å². The van der Waals surface area contributed by atoms with Crippen LogP contribution in [0.2, 0.25) is 0 Å². The molecular weight excluding hydrogens is 312 g/mol. The number of hydrogen-bond acceptors (Lipinski definition) is 0. The molecule has 0 saturated heterocycles. The summed E-state index contributed by atoms with van der Waals surface area (Å²) in [5.74, 6) is 0. The summed E-state index contributed by atoms with van der Waals surface area (Å²) in [6, 6.07) is 17.1. The van der Waals surface area contributed by atoms with Gasteiger partial charge in [-0.15, -0.1) is 0 Å². The SMILES string of the molecule is C.C=CC(=C)c1ccccc1-c1c(C)c(C)c(/C=C/C)c2ccccc12. The zero-order valence-corrected chi connectivity index (χ0v) is 15.3. The van der Waals surface area contributed by atoms with Crippen LogP contribution in [0.4, 0.5) is 0 Å². The topological polar surface area (TPSA) is 0 Å². The van der Waals surface area contributed by atoms with Crippen LogP contribution in [-0.2, 0) is 0 Å². The molecule has 0 saturated carbocycles. The predicted octanol–water partition coefficient (Wildman–Crippen LogP) is 7.99. The zero-order chi connectivity index (χ0) is 18.0. The molecule has 0 aliphatic rings. The van der Waals surface area contributed by atoms with Gasteiger partial charge in [-0.25, -0.2) is 0 Å². The Bertz CT molecular complexity index is 1000. The monoisotopic (exact) mass is 340 g/mol. The lowest BCUT2D eigenvalue weighted by molar-refractivity contribution is 1.34. The van der Waals surface area contributed by atoms with Gasteiger partial charge in [-0.2, -0.15) is 0 Å². The Hall–Kier alpha value is -2.86. The normalized spacial score (nSPS) is 10.7. The van der Waals surface area contributed by atoms with E-state index in [0.717, 1.165) is 11.1 Å². The number of allylic oxidation sites excluding steroid dienone is 3. The molecule has 0 heteroatoms. The largest absolute Gasteiger partial charge is 0.0985 e. The van der Waals surface area contributed by atoms with E-state index in [4.69, 9.17) is 0 Å². The second kappa shape index (κ2) is 8.01. The Balaban J connectivity index is 0.00000243. The lowest BCUT2D eigenvalue weighted by atomic mass is 9.84. The van der Waals surface area contributed by atoms with Crippen molar-refractivity contribution < 1.29 is 0 Å². The van der Waals surface area contributed by atoms with Crippen LogP contribution in [0.1, 0.15) is 36.6 Å². The van der Waals surface area contributed by atoms with Crippen LogP contribution in [0.15, 0.2) is 73.8 Å². The molecule has 0 nitrogen and oxygen atoms in total. The van der Waals surface area contributed by atoms with Gasteiger partial charge in [-0.1, -0.05) is 87.3 Å². The third-order valence-corrected chi connectivity index (χ3v) is 4.95. The predicted molar refractivity (Wildman–Crippen MR) is 120 cm³/mol. The fraction of sp³-hybridized carbons (Fsp3) is 0.154. The summed E-state index contributed by atoms with van der Waals surface area (Å²) in [7, 11) is 0. The highest BCUT2D eigenvalue weighted by atomic mass is 14.2. The van der Waals surface area contributed by atoms with Crippen LogP contribution in [0.25, 0.3) is 33.5 Å². The third-order valence-electron chi connectivity index (χ3n) is 4.95. The van der Waals surface area contributed by atoms with E-state index >= 15 is 0 Å². The van der Waals surface area contributed by atoms with E-state index in [1.165, 1.54) is 38.6 Å². The molecule has 3 aromatic rings. The van der Waals surface area contributed by atoms with E-state index in [0.29, 0.717) is 0 Å². The number of hydrogen-bond donors (Lipinski definition) is 0. The molecular formula is C26H28. The Kier molecular flexibility index (Phi) is 6.00. The van der Waals surface area contributed by atoms with Crippen LogP contribution in [0.5, 0.6) is 0 Å². The summed E-state index contributed by atoms with van der Waals surface area (Å²) < 4.78 is 0. The van der Waals surface area contributed by atoms with Gasteiger partial charge < -0.3 is 0 Å². The highest BCUT2D eigenvalue weighted by Gasteiger charge is 2.16. The average molecular weight is 341 g/mol. The van der Waals surface area contributed by atoms with Crippen LogP contribution in [-0.4, -0.2) is 0 Å². The maximum Gasteiger partial charge on any atom is -0.00668 e. The molecule has 0 amide bonds. The van der Waals surface area contributed by atoms with Crippen molar-refractivity contribution in [2.45, 2.75) is 28.2 Å². The van der Waals surface area contributed by atoms with Crippen LogP contribution in [0.3, 0.4) is 0 Å². The molecule has 0 radical (unpaired) electrons. The minimum Gasteiger partial charge on any atom is -0.0985 e. The van der Waals surface area contributed by atoms with Gasteiger partial charge in [0.05, 0.1) is 0 Å². The molecule has 0 aliphatic carbocycles. The highest BCUT2D eigenvalue weighted by molar-refractivity contribution is 6.05. The maximum atomic E-state index is 4.18. The molecule has 0 unspecified atom stereocenters. The molecule has 26 heavy (non-hydrogen) atoms. The van der Waals surface area contributed by atoms with Crippen molar-refractivity contribution in [2.24, 2.45) is 0 Å². The molecule has 0 heterocycles. The molecule has 3 rings (SSSR count). The van der Waals surface area contributed by atoms with Gasteiger partial charge in [0.1, 0.15) is 0 Å². The summed E-state index contributed by atoms with van der Waals surface area (Å²) in [6.45, 7) is 14.6. The van der Waals surface area contributed by atoms with Crippen molar-refractivity contribution in [2.75, 3.05) is 0 Å². The Morgan fingerprint density at radius 1 is 0.885 bits per heavy atom. The van der Waals surface area contributed by atoms with Crippen molar-refractivity contribution in [1.29, 1.82) is 0 Å². The quantitative estimate of drug-likeness (QED) is 0.422. The lowest BCUT2D eigenvalue weighted by Gasteiger charge is -2.19. The van der Waals surface area contributed by atoms with Crippen molar-refractivity contribution >= 4 is 22.4 Å². The first-order chi connectivity index (χ1) is 12.1. The van der Waals surface area contributed by atoms with Gasteiger partial charge >= 0.3 is 0 Å². The highest BCUT2D eigenvalue weighted by Crippen LogP contribution is 2.40. The molecule has 0 bridgehead atoms. The molecule has 0 N–H and O–H groups in total. The maximum absolute atomic E-state index is 4.18. The summed E-state index contributed by atoms with van der Waals surface area (Å²) in [4.78, 5) is 0. The van der Waals surface area contributed by atoms with Gasteiger partial charge in [-0.3, -0.25) is 0 Å². The van der Waals surface area contributed by atoms with Crippen molar-refractivity contribution in [1.82, 2.24) is 0 Å². The van der Waals surface area contributed by atoms with Gasteiger partial charge in [0, 0.05) is 0 Å². The van der Waals surface area contributed by atoms with Crippen molar-refractivity contribution in [3.63, 3.8) is 0 Å². The van der Waals surface area contributed by atoms with E-state index < -0.39 is 0 Å². The lowest BCUT2D eigenvalue weighted by Crippen LogP contribution is -1.97. The van der Waals surface area contributed by atoms with Crippen molar-refractivity contribution in [3.8, 4) is 11.1 Å². The first-order valence-corrected chi connectivity index (χ1v) is 8.65. The van der Waals surface area contributed by atoms with Gasteiger partial charge in [0.25, 0.3) is 0 Å². The fourth-order valence-corrected chi connectivity index (χ4v) is 3.55. The molecule has 0 fully saturated rings. The summed E-state index contributed by atoms with van der Waals surface area (Å²) in [5, 5.41) is 2.57. The minimum absolute atomic E-state index is 0. The van der Waals surface area contributed by atoms with Crippen molar-refractivity contribution in [3.05, 3.63) is 96.1 Å². The standard InChI is InChI=1S/C25H24.CH4/c1-6-12-21-18(4)19(5)25(24-16-11-9-14-22(21)24)23-15-10-8-13-20(23)17(3)7-2;/h6-16H,2-3H2,1,4-5H3;1H4/b12-6+;. The number of rotatable bonds is 4. The fourth-order valence-electron chi connectivity index (χ4n) is 3.55. The van der Waals surface area contributed by atoms with Gasteiger partial charge in [0.15, 0.2) is 0 Å². The number of benzene rings is 3. The molecule has 0 aromatic heterocycles. The second-order valence-electron chi connectivity index (χ2n) is 6.36. The van der Waals surface area contributed by atoms with E-state index in [9.17, 15) is 0 Å². The van der Waals surface area contributed by atoms with E-state index in [2.05, 4.69) is 94.6 Å². The average Bonchev–Trinajstić information content (AvgIpc) is 2.65.